The van der Waals surface area contributed by atoms with E-state index in [1.807, 2.05) is 108 Å². The highest BCUT2D eigenvalue weighted by Gasteiger charge is 2.25. The molecule has 4 heterocycles. The molecule has 0 atom stereocenters. The normalized spacial score (nSPS) is 13.7. The van der Waals surface area contributed by atoms with Crippen molar-refractivity contribution < 1.29 is 18.9 Å². The molecule has 6 heteroatoms. The first-order valence-electron chi connectivity index (χ1n) is 30.2. The summed E-state index contributed by atoms with van der Waals surface area (Å²) < 4.78 is 78.1. The summed E-state index contributed by atoms with van der Waals surface area (Å²) in [4.78, 5) is 4.91. The lowest BCUT2D eigenvalue weighted by atomic mass is 9.78. The molecule has 0 saturated carbocycles. The highest BCUT2D eigenvalue weighted by atomic mass is 16.5. The van der Waals surface area contributed by atoms with E-state index in [1.165, 1.54) is 10.8 Å². The van der Waals surface area contributed by atoms with Gasteiger partial charge in [-0.15, -0.1) is 0 Å². The van der Waals surface area contributed by atoms with Gasteiger partial charge in [-0.1, -0.05) is 189 Å². The van der Waals surface area contributed by atoms with Gasteiger partial charge in [-0.05, 0) is 135 Å². The molecule has 0 spiro atoms. The summed E-state index contributed by atoms with van der Waals surface area (Å²) >= 11 is 0. The molecule has 0 fully saturated rings. The molecule has 0 amide bonds. The number of pyridine rings is 1. The minimum atomic E-state index is -1.61. The lowest BCUT2D eigenvalue weighted by molar-refractivity contribution is -0.571. The number of imidazole rings is 1. The smallest absolute Gasteiger partial charge is 0.269 e. The molecule has 6 nitrogen and oxygen atoms in total. The molecule has 0 bridgehead atoms. The Morgan fingerprint density at radius 1 is 0.538 bits per heavy atom. The van der Waals surface area contributed by atoms with Gasteiger partial charge in [0, 0.05) is 42.2 Å². The van der Waals surface area contributed by atoms with E-state index in [0.29, 0.717) is 34.1 Å². The number of fused-ring (bicyclic) bond motifs is 7. The first kappa shape index (κ1) is 41.2. The minimum Gasteiger partial charge on any atom is -0.458 e. The van der Waals surface area contributed by atoms with E-state index in [1.54, 1.807) is 12.3 Å². The Morgan fingerprint density at radius 2 is 1.17 bits per heavy atom. The topological polar surface area (TPSA) is 40.8 Å². The van der Waals surface area contributed by atoms with Gasteiger partial charge in [-0.3, -0.25) is 13.7 Å². The Bertz CT molecular complexity index is 4750. The number of para-hydroxylation sites is 5. The van der Waals surface area contributed by atoms with Crippen LogP contribution in [0, 0.1) is 12.2 Å². The van der Waals surface area contributed by atoms with Crippen molar-refractivity contribution in [2.24, 2.45) is 5.92 Å². The van der Waals surface area contributed by atoms with Gasteiger partial charge in [0.15, 0.2) is 0 Å². The molecule has 0 N–H and O–H groups in total. The average Bonchev–Trinajstić information content (AvgIpc) is 1.83. The Kier molecular flexibility index (Phi) is 10.00. The molecular weight excluding hydrogens is 951 g/mol. The molecule has 13 aromatic rings. The minimum absolute atomic E-state index is 0.0959. The molecule has 0 radical (unpaired) electrons. The zero-order valence-electron chi connectivity index (χ0n) is 52.1. The number of nitrogens with zero attached hydrogens (tertiary/aromatic N) is 5. The van der Waals surface area contributed by atoms with Crippen molar-refractivity contribution in [2.75, 3.05) is 0 Å². The van der Waals surface area contributed by atoms with Gasteiger partial charge in [-0.25, -0.2) is 4.98 Å². The van der Waals surface area contributed by atoms with Crippen molar-refractivity contribution >= 4 is 54.6 Å². The van der Waals surface area contributed by atoms with Gasteiger partial charge in [0.1, 0.15) is 17.3 Å². The Labute approximate surface area is 466 Å². The van der Waals surface area contributed by atoms with Gasteiger partial charge < -0.3 is 9.30 Å². The van der Waals surface area contributed by atoms with Crippen LogP contribution in [-0.4, -0.2) is 18.7 Å². The first-order chi connectivity index (χ1) is 40.6. The third kappa shape index (κ3) is 8.62. The Morgan fingerprint density at radius 3 is 1.87 bits per heavy atom. The highest BCUT2D eigenvalue weighted by molar-refractivity contribution is 6.12. The summed E-state index contributed by atoms with van der Waals surface area (Å²) in [5.41, 5.74) is 12.6. The van der Waals surface area contributed by atoms with Crippen LogP contribution in [0.5, 0.6) is 11.5 Å². The van der Waals surface area contributed by atoms with Gasteiger partial charge >= 0.3 is 0 Å². The monoisotopic (exact) mass is 1020 g/mol. The molecule has 9 aromatic carbocycles. The lowest BCUT2D eigenvalue weighted by Crippen LogP contribution is -2.31. The third-order valence-corrected chi connectivity index (χ3v) is 14.9. The summed E-state index contributed by atoms with van der Waals surface area (Å²) in [6.07, 6.45) is 3.79. The van der Waals surface area contributed by atoms with Crippen molar-refractivity contribution in [2.45, 2.75) is 72.6 Å². The predicted molar refractivity (Wildman–Crippen MR) is 323 cm³/mol. The maximum absolute atomic E-state index is 9.28. The maximum atomic E-state index is 9.28. The zero-order chi connectivity index (χ0) is 59.6. The predicted octanol–water partition coefficient (Wildman–Crippen LogP) is 18.2. The SMILES string of the molecule is [2H]c1c([2H])c([2H])c(-c2cccc(-c3cc(C(C)(C)C)cc(C(C)(C)C)c3)c2-[n+]2[c-]n(-c3cccc(Oc4ccc5c6cc(-n7c8ccccc8c8ccccc87)ccc6n(-c6cc(C([2H])([2H])C(C)C)ccn6)c5c4)c3)c3ccccc32)c([2H])c1[2H]. The van der Waals surface area contributed by atoms with Crippen LogP contribution in [0.1, 0.15) is 81.7 Å². The van der Waals surface area contributed by atoms with Crippen molar-refractivity contribution in [3.05, 3.63) is 241 Å². The van der Waals surface area contributed by atoms with Crippen LogP contribution in [0.25, 0.3) is 99.8 Å². The van der Waals surface area contributed by atoms with E-state index < -0.39 is 24.5 Å². The molecule has 0 unspecified atom stereocenters. The summed E-state index contributed by atoms with van der Waals surface area (Å²) in [6.45, 7) is 17.0. The van der Waals surface area contributed by atoms with Crippen LogP contribution in [0.2, 0.25) is 0 Å². The number of hydrogen-bond donors (Lipinski definition) is 0. The molecule has 0 saturated heterocycles. The maximum Gasteiger partial charge on any atom is 0.269 e. The molecule has 0 aliphatic carbocycles. The van der Waals surface area contributed by atoms with Crippen LogP contribution in [0.3, 0.4) is 0 Å². The van der Waals surface area contributed by atoms with Gasteiger partial charge in [0.25, 0.3) is 6.33 Å². The fourth-order valence-corrected chi connectivity index (χ4v) is 11.1. The molecule has 4 aromatic heterocycles. The van der Waals surface area contributed by atoms with E-state index >= 15 is 0 Å². The Hall–Kier alpha value is -9.00. The number of hydrogen-bond acceptors (Lipinski definition) is 2. The average molecular weight is 1020 g/mol. The number of rotatable bonds is 10. The van der Waals surface area contributed by atoms with Crippen LogP contribution in [0.4, 0.5) is 0 Å². The standard InChI is InChI=1S/C72H63N5O/c1-47(2)38-48-36-37-73-69(39-48)77-65-35-32-54(76-63-28-14-12-24-59(63)60-25-13-15-29-64(60)76)44-62(65)61-34-33-56(45-68(61)77)78-55-23-18-22-53(43-55)74-46-75(67-31-17-16-30-66(67)74)70-57(49-20-10-9-11-21-49)26-19-27-58(70)50-40-51(71(3,4)5)42-52(41-50)72(6,7)8/h9-37,39-45,47H,38H2,1-8H3/i9D,10D,11D,20D,21D,38D2. The van der Waals surface area contributed by atoms with E-state index in [0.717, 1.165) is 77.5 Å². The van der Waals surface area contributed by atoms with Gasteiger partial charge in [0.05, 0.1) is 51.3 Å². The van der Waals surface area contributed by atoms with E-state index in [2.05, 4.69) is 148 Å². The summed E-state index contributed by atoms with van der Waals surface area (Å²) in [5.74, 6) is 1.44. The van der Waals surface area contributed by atoms with E-state index in [-0.39, 0.29) is 34.4 Å². The molecule has 0 aliphatic rings. The second-order valence-electron chi connectivity index (χ2n) is 22.6. The number of ether oxygens (including phenoxy) is 1. The summed E-state index contributed by atoms with van der Waals surface area (Å²) in [5, 5.41) is 4.32. The van der Waals surface area contributed by atoms with Crippen molar-refractivity contribution in [1.82, 2.24) is 18.7 Å². The Balaban J connectivity index is 0.969. The fraction of sp³-hybridized carbons (Fsp3) is 0.167. The molecule has 0 aliphatic heterocycles. The molecular formula is C72H63N5O. The third-order valence-electron chi connectivity index (χ3n) is 14.9. The lowest BCUT2D eigenvalue weighted by Gasteiger charge is -2.27. The first-order valence-corrected chi connectivity index (χ1v) is 26.7. The van der Waals surface area contributed by atoms with Crippen molar-refractivity contribution in [1.29, 1.82) is 0 Å². The van der Waals surface area contributed by atoms with E-state index in [9.17, 15) is 2.74 Å². The number of benzene rings is 9. The summed E-state index contributed by atoms with van der Waals surface area (Å²) in [6, 6.07) is 59.6. The zero-order valence-corrected chi connectivity index (χ0v) is 45.1. The molecule has 13 rings (SSSR count). The van der Waals surface area contributed by atoms with Crippen molar-refractivity contribution in [3.63, 3.8) is 0 Å². The second-order valence-corrected chi connectivity index (χ2v) is 22.6. The second kappa shape index (κ2) is 18.9. The van der Waals surface area contributed by atoms with Crippen LogP contribution in [0.15, 0.2) is 218 Å². The molecule has 78 heavy (non-hydrogen) atoms. The highest BCUT2D eigenvalue weighted by Crippen LogP contribution is 2.41. The number of aromatic nitrogens is 5. The molecule has 382 valence electrons. The fourth-order valence-electron chi connectivity index (χ4n) is 11.1. The van der Waals surface area contributed by atoms with Gasteiger partial charge in [-0.2, -0.15) is 0 Å². The summed E-state index contributed by atoms with van der Waals surface area (Å²) in [7, 11) is 0. The largest absolute Gasteiger partial charge is 0.458 e. The van der Waals surface area contributed by atoms with Crippen molar-refractivity contribution in [3.8, 4) is 56.6 Å². The van der Waals surface area contributed by atoms with Crippen LogP contribution < -0.4 is 9.30 Å². The quantitative estimate of drug-likeness (QED) is 0.101. The van der Waals surface area contributed by atoms with E-state index in [4.69, 9.17) is 16.6 Å². The van der Waals surface area contributed by atoms with Crippen LogP contribution >= 0.6 is 0 Å². The van der Waals surface area contributed by atoms with Crippen LogP contribution in [-0.2, 0) is 17.2 Å². The van der Waals surface area contributed by atoms with Gasteiger partial charge in [0.2, 0.25) is 0 Å².